The van der Waals surface area contributed by atoms with Gasteiger partial charge >= 0.3 is 0 Å². The molecule has 1 fully saturated rings. The number of hydrogen-bond donors (Lipinski definition) is 0. The number of rotatable bonds is 1. The molecule has 0 radical (unpaired) electrons. The molecule has 72 valence electrons. The zero-order valence-electron chi connectivity index (χ0n) is 7.11. The largest absolute Gasteiger partial charge is 0.247 e. The predicted octanol–water partition coefficient (Wildman–Crippen LogP) is 3.58. The van der Waals surface area contributed by atoms with E-state index in [0.717, 1.165) is 25.7 Å². The minimum atomic E-state index is -1.75. The summed E-state index contributed by atoms with van der Waals surface area (Å²) >= 11 is 0. The van der Waals surface area contributed by atoms with Crippen LogP contribution in [0.15, 0.2) is 12.7 Å². The molecule has 0 aromatic heterocycles. The fourth-order valence-electron chi connectivity index (χ4n) is 1.31. The van der Waals surface area contributed by atoms with Crippen molar-refractivity contribution < 1.29 is 13.2 Å². The molecule has 0 aromatic rings. The van der Waals surface area contributed by atoms with Crippen molar-refractivity contribution in [3.8, 4) is 0 Å². The Morgan fingerprint density at radius 1 is 1.17 bits per heavy atom. The third-order valence-electron chi connectivity index (χ3n) is 2.03. The number of alkyl halides is 3. The van der Waals surface area contributed by atoms with Gasteiger partial charge in [0.1, 0.15) is 6.17 Å². The first-order valence-corrected chi connectivity index (χ1v) is 4.13. The summed E-state index contributed by atoms with van der Waals surface area (Å²) in [6.07, 6.45) is 4.93. The van der Waals surface area contributed by atoms with Crippen LogP contribution in [0.3, 0.4) is 0 Å². The van der Waals surface area contributed by atoms with E-state index in [1.54, 1.807) is 0 Å². The molecule has 3 heteroatoms. The monoisotopic (exact) mass is 180 g/mol. The molecule has 0 saturated heterocycles. The van der Waals surface area contributed by atoms with E-state index in [0.29, 0.717) is 5.92 Å². The highest BCUT2D eigenvalue weighted by atomic mass is 19.3. The second-order valence-corrected chi connectivity index (χ2v) is 2.85. The summed E-state index contributed by atoms with van der Waals surface area (Å²) in [5.41, 5.74) is 0. The van der Waals surface area contributed by atoms with Gasteiger partial charge in [-0.05, 0) is 31.6 Å². The van der Waals surface area contributed by atoms with Crippen LogP contribution in [0.5, 0.6) is 0 Å². The summed E-state index contributed by atoms with van der Waals surface area (Å²) in [7, 11) is 0. The predicted molar refractivity (Wildman–Crippen MR) is 44.1 cm³/mol. The Balaban J connectivity index is 0.000000354. The van der Waals surface area contributed by atoms with Gasteiger partial charge in [0, 0.05) is 0 Å². The summed E-state index contributed by atoms with van der Waals surface area (Å²) < 4.78 is 31.7. The first kappa shape index (κ1) is 11.5. The Hall–Kier alpha value is -0.470. The Morgan fingerprint density at radius 2 is 1.58 bits per heavy atom. The molecule has 0 bridgehead atoms. The van der Waals surface area contributed by atoms with Gasteiger partial charge in [-0.15, -0.1) is 6.58 Å². The molecule has 0 aromatic carbocycles. The average Bonchev–Trinajstić information content (AvgIpc) is 2.07. The van der Waals surface area contributed by atoms with Gasteiger partial charge < -0.3 is 0 Å². The quantitative estimate of drug-likeness (QED) is 0.541. The fourth-order valence-corrected chi connectivity index (χ4v) is 1.31. The zero-order valence-corrected chi connectivity index (χ0v) is 7.11. The van der Waals surface area contributed by atoms with Gasteiger partial charge in [-0.25, -0.2) is 13.2 Å². The van der Waals surface area contributed by atoms with Crippen LogP contribution in [0.25, 0.3) is 0 Å². The van der Waals surface area contributed by atoms with Gasteiger partial charge in [-0.1, -0.05) is 6.08 Å². The van der Waals surface area contributed by atoms with Gasteiger partial charge in [0.2, 0.25) is 6.93 Å². The van der Waals surface area contributed by atoms with Crippen LogP contribution >= 0.6 is 0 Å². The van der Waals surface area contributed by atoms with Crippen molar-refractivity contribution in [3.05, 3.63) is 12.7 Å². The molecule has 12 heavy (non-hydrogen) atoms. The topological polar surface area (TPSA) is 0 Å². The van der Waals surface area contributed by atoms with Crippen molar-refractivity contribution in [2.75, 3.05) is 6.93 Å². The van der Waals surface area contributed by atoms with Crippen LogP contribution < -0.4 is 0 Å². The summed E-state index contributed by atoms with van der Waals surface area (Å²) in [6, 6.07) is 0. The Kier molecular flexibility index (Phi) is 6.91. The second-order valence-electron chi connectivity index (χ2n) is 2.85. The lowest BCUT2D eigenvalue weighted by Crippen LogP contribution is -2.12. The molecule has 1 aliphatic carbocycles. The highest BCUT2D eigenvalue weighted by Crippen LogP contribution is 2.26. The first-order chi connectivity index (χ1) is 5.74. The lowest BCUT2D eigenvalue weighted by atomic mass is 9.88. The van der Waals surface area contributed by atoms with Gasteiger partial charge in [0.15, 0.2) is 0 Å². The summed E-state index contributed by atoms with van der Waals surface area (Å²) in [4.78, 5) is 0. The first-order valence-electron chi connectivity index (χ1n) is 4.13. The van der Waals surface area contributed by atoms with Gasteiger partial charge in [-0.3, -0.25) is 0 Å². The van der Waals surface area contributed by atoms with Crippen molar-refractivity contribution in [2.45, 2.75) is 31.9 Å². The van der Waals surface area contributed by atoms with Crippen LogP contribution in [0.2, 0.25) is 0 Å². The van der Waals surface area contributed by atoms with Crippen molar-refractivity contribution in [3.63, 3.8) is 0 Å². The minimum absolute atomic E-state index is 0.527. The summed E-state index contributed by atoms with van der Waals surface area (Å²) in [6.45, 7) is 1.94. The lowest BCUT2D eigenvalue weighted by Gasteiger charge is -2.20. The average molecular weight is 180 g/mol. The van der Waals surface area contributed by atoms with E-state index in [9.17, 15) is 13.2 Å². The van der Waals surface area contributed by atoms with Gasteiger partial charge in [0.25, 0.3) is 0 Å². The molecule has 0 atom stereocenters. The SMILES string of the molecule is C=CC1CCC(F)CC1.FCF. The van der Waals surface area contributed by atoms with E-state index in [1.807, 2.05) is 6.08 Å². The van der Waals surface area contributed by atoms with Crippen molar-refractivity contribution in [2.24, 2.45) is 5.92 Å². The highest BCUT2D eigenvalue weighted by molar-refractivity contribution is 4.83. The lowest BCUT2D eigenvalue weighted by molar-refractivity contribution is 0.226. The second kappa shape index (κ2) is 7.19. The molecule has 0 unspecified atom stereocenters. The minimum Gasteiger partial charge on any atom is -0.247 e. The summed E-state index contributed by atoms with van der Waals surface area (Å²) in [5.74, 6) is 0.594. The van der Waals surface area contributed by atoms with E-state index in [4.69, 9.17) is 0 Å². The molecule has 0 heterocycles. The summed E-state index contributed by atoms with van der Waals surface area (Å²) in [5, 5.41) is 0. The van der Waals surface area contributed by atoms with E-state index < -0.39 is 13.1 Å². The Labute approximate surface area is 71.5 Å². The van der Waals surface area contributed by atoms with E-state index >= 15 is 0 Å². The number of halogens is 3. The van der Waals surface area contributed by atoms with Crippen molar-refractivity contribution >= 4 is 0 Å². The molecule has 1 rings (SSSR count). The normalized spacial score (nSPS) is 28.6. The fraction of sp³-hybridized carbons (Fsp3) is 0.778. The van der Waals surface area contributed by atoms with Gasteiger partial charge in [0.05, 0.1) is 0 Å². The third kappa shape index (κ3) is 5.22. The van der Waals surface area contributed by atoms with Crippen LogP contribution in [0.4, 0.5) is 13.2 Å². The smallest absolute Gasteiger partial charge is 0.229 e. The number of hydrogen-bond acceptors (Lipinski definition) is 0. The maximum atomic E-state index is 12.5. The third-order valence-corrected chi connectivity index (χ3v) is 2.03. The standard InChI is InChI=1S/C8H13F.CH2F2/c1-2-7-3-5-8(9)6-4-7;2-1-3/h2,7-8H,1,3-6H2;1H2. The van der Waals surface area contributed by atoms with Gasteiger partial charge in [-0.2, -0.15) is 0 Å². The Bertz CT molecular complexity index is 106. The maximum absolute atomic E-state index is 12.5. The molecule has 1 saturated carbocycles. The molecule has 0 N–H and O–H groups in total. The van der Waals surface area contributed by atoms with Crippen molar-refractivity contribution in [1.82, 2.24) is 0 Å². The van der Waals surface area contributed by atoms with Crippen molar-refractivity contribution in [1.29, 1.82) is 0 Å². The molecule has 0 spiro atoms. The molecular formula is C9H15F3. The molecular weight excluding hydrogens is 165 g/mol. The maximum Gasteiger partial charge on any atom is 0.229 e. The van der Waals surface area contributed by atoms with Crippen LogP contribution in [0.1, 0.15) is 25.7 Å². The zero-order chi connectivity index (χ0) is 9.40. The highest BCUT2D eigenvalue weighted by Gasteiger charge is 2.17. The molecule has 0 amide bonds. The molecule has 0 nitrogen and oxygen atoms in total. The van der Waals surface area contributed by atoms with Crippen LogP contribution in [-0.2, 0) is 0 Å². The molecule has 0 aliphatic heterocycles. The van der Waals surface area contributed by atoms with E-state index in [1.165, 1.54) is 0 Å². The Morgan fingerprint density at radius 3 is 1.92 bits per heavy atom. The molecule has 1 aliphatic rings. The van der Waals surface area contributed by atoms with Crippen LogP contribution in [-0.4, -0.2) is 13.1 Å². The van der Waals surface area contributed by atoms with E-state index in [2.05, 4.69) is 6.58 Å². The van der Waals surface area contributed by atoms with Crippen LogP contribution in [0, 0.1) is 5.92 Å². The van der Waals surface area contributed by atoms with E-state index in [-0.39, 0.29) is 0 Å². The number of allylic oxidation sites excluding steroid dienone is 1.